The van der Waals surface area contributed by atoms with E-state index in [4.69, 9.17) is 11.6 Å². The van der Waals surface area contributed by atoms with Crippen molar-refractivity contribution in [3.05, 3.63) is 0 Å². The second-order valence-corrected chi connectivity index (χ2v) is 4.36. The summed E-state index contributed by atoms with van der Waals surface area (Å²) in [4.78, 5) is 0. The van der Waals surface area contributed by atoms with E-state index in [1.165, 1.54) is 38.5 Å². The zero-order chi connectivity index (χ0) is 6.97. The average molecular weight is 159 g/mol. The normalized spacial score (nSPS) is 41.7. The van der Waals surface area contributed by atoms with Gasteiger partial charge in [-0.15, -0.1) is 11.6 Å². The molecule has 0 aromatic heterocycles. The summed E-state index contributed by atoms with van der Waals surface area (Å²) in [5, 5.41) is 0.533. The van der Waals surface area contributed by atoms with Crippen molar-refractivity contribution >= 4 is 11.6 Å². The second kappa shape index (κ2) is 2.73. The van der Waals surface area contributed by atoms with Crippen LogP contribution in [0.5, 0.6) is 0 Å². The minimum Gasteiger partial charge on any atom is -0.123 e. The molecule has 0 aliphatic heterocycles. The third-order valence-electron chi connectivity index (χ3n) is 3.24. The van der Waals surface area contributed by atoms with Crippen LogP contribution in [0.1, 0.15) is 38.5 Å². The summed E-state index contributed by atoms with van der Waals surface area (Å²) in [6.07, 6.45) is 8.48. The Morgan fingerprint density at radius 3 is 2.00 bits per heavy atom. The van der Waals surface area contributed by atoms with E-state index in [1.54, 1.807) is 0 Å². The van der Waals surface area contributed by atoms with E-state index >= 15 is 0 Å². The number of alkyl halides is 1. The van der Waals surface area contributed by atoms with Crippen molar-refractivity contribution in [3.63, 3.8) is 0 Å². The molecule has 0 heterocycles. The topological polar surface area (TPSA) is 0 Å². The van der Waals surface area contributed by atoms with Gasteiger partial charge in [-0.25, -0.2) is 0 Å². The van der Waals surface area contributed by atoms with E-state index in [1.807, 2.05) is 0 Å². The van der Waals surface area contributed by atoms with Crippen LogP contribution in [0.2, 0.25) is 0 Å². The molecule has 0 saturated heterocycles. The Bertz CT molecular complexity index is 118. The Hall–Kier alpha value is 0.290. The maximum atomic E-state index is 6.19. The molecule has 58 valence electrons. The van der Waals surface area contributed by atoms with Gasteiger partial charge in [0.1, 0.15) is 0 Å². The summed E-state index contributed by atoms with van der Waals surface area (Å²) >= 11 is 6.19. The Kier molecular flexibility index (Phi) is 1.90. The molecule has 0 aromatic rings. The van der Waals surface area contributed by atoms with Gasteiger partial charge >= 0.3 is 0 Å². The minimum atomic E-state index is 0.533. The predicted octanol–water partition coefficient (Wildman–Crippen LogP) is 3.19. The highest BCUT2D eigenvalue weighted by molar-refractivity contribution is 6.20. The van der Waals surface area contributed by atoms with E-state index < -0.39 is 0 Å². The minimum absolute atomic E-state index is 0.533. The fourth-order valence-corrected chi connectivity index (χ4v) is 2.83. The van der Waals surface area contributed by atoms with Crippen molar-refractivity contribution in [3.8, 4) is 0 Å². The van der Waals surface area contributed by atoms with Crippen LogP contribution in [0.15, 0.2) is 0 Å². The molecule has 1 heteroatoms. The van der Waals surface area contributed by atoms with Gasteiger partial charge in [-0.1, -0.05) is 25.7 Å². The number of rotatable bonds is 1. The number of hydrogen-bond donors (Lipinski definition) is 0. The molecule has 0 nitrogen and oxygen atoms in total. The van der Waals surface area contributed by atoms with Gasteiger partial charge < -0.3 is 0 Å². The Morgan fingerprint density at radius 1 is 0.900 bits per heavy atom. The van der Waals surface area contributed by atoms with E-state index in [9.17, 15) is 0 Å². The van der Waals surface area contributed by atoms with Crippen molar-refractivity contribution in [1.29, 1.82) is 0 Å². The van der Waals surface area contributed by atoms with E-state index in [2.05, 4.69) is 0 Å². The van der Waals surface area contributed by atoms with Crippen LogP contribution in [0, 0.1) is 11.8 Å². The third-order valence-corrected chi connectivity index (χ3v) is 3.78. The van der Waals surface area contributed by atoms with E-state index in [0.29, 0.717) is 5.38 Å². The SMILES string of the molecule is ClC1CCCC1C1CCC1. The summed E-state index contributed by atoms with van der Waals surface area (Å²) in [5.41, 5.74) is 0. The molecular formula is C9H15Cl. The maximum Gasteiger partial charge on any atom is 0.0366 e. The van der Waals surface area contributed by atoms with Gasteiger partial charge in [0.05, 0.1) is 0 Å². The van der Waals surface area contributed by atoms with Crippen LogP contribution in [-0.4, -0.2) is 5.38 Å². The smallest absolute Gasteiger partial charge is 0.0366 e. The molecule has 2 atom stereocenters. The number of hydrogen-bond acceptors (Lipinski definition) is 0. The molecule has 0 amide bonds. The lowest BCUT2D eigenvalue weighted by Gasteiger charge is -2.32. The van der Waals surface area contributed by atoms with Gasteiger partial charge in [-0.3, -0.25) is 0 Å². The van der Waals surface area contributed by atoms with Crippen LogP contribution in [0.3, 0.4) is 0 Å². The second-order valence-electron chi connectivity index (χ2n) is 3.80. The van der Waals surface area contributed by atoms with Gasteiger partial charge in [0, 0.05) is 5.38 Å². The van der Waals surface area contributed by atoms with Gasteiger partial charge in [0.15, 0.2) is 0 Å². The van der Waals surface area contributed by atoms with Crippen LogP contribution >= 0.6 is 11.6 Å². The van der Waals surface area contributed by atoms with Crippen molar-refractivity contribution in [2.45, 2.75) is 43.9 Å². The van der Waals surface area contributed by atoms with Gasteiger partial charge in [0.25, 0.3) is 0 Å². The lowest BCUT2D eigenvalue weighted by atomic mass is 9.75. The first kappa shape index (κ1) is 6.97. The zero-order valence-electron chi connectivity index (χ0n) is 6.35. The van der Waals surface area contributed by atoms with Gasteiger partial charge in [0.2, 0.25) is 0 Å². The maximum absolute atomic E-state index is 6.19. The third kappa shape index (κ3) is 1.07. The summed E-state index contributed by atoms with van der Waals surface area (Å²) in [6, 6.07) is 0. The van der Waals surface area contributed by atoms with Crippen molar-refractivity contribution < 1.29 is 0 Å². The zero-order valence-corrected chi connectivity index (χ0v) is 7.11. The highest BCUT2D eigenvalue weighted by atomic mass is 35.5. The molecule has 2 aliphatic carbocycles. The molecule has 2 fully saturated rings. The molecular weight excluding hydrogens is 144 g/mol. The summed E-state index contributed by atoms with van der Waals surface area (Å²) < 4.78 is 0. The van der Waals surface area contributed by atoms with Gasteiger partial charge in [-0.05, 0) is 24.7 Å². The molecule has 2 aliphatic rings. The quantitative estimate of drug-likeness (QED) is 0.515. The fourth-order valence-electron chi connectivity index (χ4n) is 2.34. The van der Waals surface area contributed by atoms with Crippen LogP contribution in [0.4, 0.5) is 0 Å². The molecule has 0 bridgehead atoms. The Morgan fingerprint density at radius 2 is 1.60 bits per heavy atom. The van der Waals surface area contributed by atoms with Crippen LogP contribution < -0.4 is 0 Å². The molecule has 10 heavy (non-hydrogen) atoms. The first-order valence-corrected chi connectivity index (χ1v) is 4.95. The van der Waals surface area contributed by atoms with Crippen molar-refractivity contribution in [2.75, 3.05) is 0 Å². The standard InChI is InChI=1S/C9H15Cl/c10-9-6-2-5-8(9)7-3-1-4-7/h7-9H,1-6H2. The van der Waals surface area contributed by atoms with E-state index in [-0.39, 0.29) is 0 Å². The summed E-state index contributed by atoms with van der Waals surface area (Å²) in [6.45, 7) is 0. The Labute approximate surface area is 68.0 Å². The van der Waals surface area contributed by atoms with Gasteiger partial charge in [-0.2, -0.15) is 0 Å². The van der Waals surface area contributed by atoms with Crippen LogP contribution in [0.25, 0.3) is 0 Å². The Balaban J connectivity index is 1.90. The fraction of sp³-hybridized carbons (Fsp3) is 1.00. The van der Waals surface area contributed by atoms with Crippen molar-refractivity contribution in [1.82, 2.24) is 0 Å². The summed E-state index contributed by atoms with van der Waals surface area (Å²) in [5.74, 6) is 1.92. The number of halogens is 1. The van der Waals surface area contributed by atoms with Crippen molar-refractivity contribution in [2.24, 2.45) is 11.8 Å². The first-order valence-electron chi connectivity index (χ1n) is 4.52. The molecule has 0 spiro atoms. The highest BCUT2D eigenvalue weighted by Crippen LogP contribution is 2.44. The van der Waals surface area contributed by atoms with E-state index in [0.717, 1.165) is 11.8 Å². The molecule has 0 radical (unpaired) electrons. The summed E-state index contributed by atoms with van der Waals surface area (Å²) in [7, 11) is 0. The monoisotopic (exact) mass is 158 g/mol. The average Bonchev–Trinajstić information content (AvgIpc) is 2.12. The molecule has 2 rings (SSSR count). The highest BCUT2D eigenvalue weighted by Gasteiger charge is 2.35. The lowest BCUT2D eigenvalue weighted by molar-refractivity contribution is 0.212. The predicted molar refractivity (Wildman–Crippen MR) is 44.3 cm³/mol. The first-order chi connectivity index (χ1) is 4.88. The molecule has 0 N–H and O–H groups in total. The molecule has 2 saturated carbocycles. The largest absolute Gasteiger partial charge is 0.123 e. The molecule has 0 aromatic carbocycles. The van der Waals surface area contributed by atoms with Crippen LogP contribution in [-0.2, 0) is 0 Å². The molecule has 2 unspecified atom stereocenters. The lowest BCUT2D eigenvalue weighted by Crippen LogP contribution is -2.25.